The van der Waals surface area contributed by atoms with Crippen molar-refractivity contribution in [2.75, 3.05) is 19.6 Å². The molecule has 1 fully saturated rings. The second-order valence-electron chi connectivity index (χ2n) is 4.68. The number of hydrogen-bond donors (Lipinski definition) is 0. The number of halogens is 1. The van der Waals surface area contributed by atoms with Gasteiger partial charge in [0.15, 0.2) is 0 Å². The Bertz CT molecular complexity index is 468. The van der Waals surface area contributed by atoms with E-state index in [2.05, 4.69) is 11.5 Å². The van der Waals surface area contributed by atoms with Gasteiger partial charge >= 0.3 is 0 Å². The molecule has 18 heavy (non-hydrogen) atoms. The molecule has 0 unspecified atom stereocenters. The van der Waals surface area contributed by atoms with Crippen LogP contribution in [0.3, 0.4) is 0 Å². The van der Waals surface area contributed by atoms with E-state index in [9.17, 15) is 4.39 Å². The zero-order valence-corrected chi connectivity index (χ0v) is 10.4. The largest absolute Gasteiger partial charge is 0.300 e. The third kappa shape index (κ3) is 2.60. The van der Waals surface area contributed by atoms with Gasteiger partial charge in [0.2, 0.25) is 0 Å². The molecule has 1 aromatic rings. The van der Waals surface area contributed by atoms with E-state index in [0.717, 1.165) is 32.5 Å². The van der Waals surface area contributed by atoms with Gasteiger partial charge in [0, 0.05) is 6.54 Å². The Kier molecular flexibility index (Phi) is 4.11. The number of benzene rings is 1. The van der Waals surface area contributed by atoms with E-state index in [1.165, 1.54) is 6.07 Å². The molecule has 1 aliphatic heterocycles. The summed E-state index contributed by atoms with van der Waals surface area (Å²) in [6, 6.07) is 7.02. The Morgan fingerprint density at radius 1 is 1.44 bits per heavy atom. The first-order valence-electron chi connectivity index (χ1n) is 6.28. The highest BCUT2D eigenvalue weighted by Crippen LogP contribution is 2.30. The number of likely N-dealkylation sites (tertiary alicyclic amines) is 1. The number of hydrogen-bond acceptors (Lipinski definition) is 2. The molecule has 2 nitrogen and oxygen atoms in total. The van der Waals surface area contributed by atoms with Gasteiger partial charge in [-0.15, -0.1) is 6.58 Å². The highest BCUT2D eigenvalue weighted by molar-refractivity contribution is 5.36. The van der Waals surface area contributed by atoms with Gasteiger partial charge in [0.25, 0.3) is 0 Å². The summed E-state index contributed by atoms with van der Waals surface area (Å²) in [4.78, 5) is 2.32. The standard InChI is InChI=1S/C15H17FN2/c1-2-8-18-9-6-12(7-10-18)14-5-3-4-13(11-17)15(14)16/h2-5,12H,1,6-10H2. The van der Waals surface area contributed by atoms with Gasteiger partial charge in [-0.2, -0.15) is 5.26 Å². The first-order chi connectivity index (χ1) is 8.76. The van der Waals surface area contributed by atoms with Crippen molar-refractivity contribution in [1.82, 2.24) is 4.90 Å². The zero-order chi connectivity index (χ0) is 13.0. The van der Waals surface area contributed by atoms with Crippen LogP contribution in [0.15, 0.2) is 30.9 Å². The Balaban J connectivity index is 2.10. The summed E-state index contributed by atoms with van der Waals surface area (Å²) < 4.78 is 14.1. The molecule has 94 valence electrons. The summed E-state index contributed by atoms with van der Waals surface area (Å²) in [6.45, 7) is 6.56. The molecule has 0 radical (unpaired) electrons. The maximum atomic E-state index is 14.1. The second-order valence-corrected chi connectivity index (χ2v) is 4.68. The molecule has 0 N–H and O–H groups in total. The first kappa shape index (κ1) is 12.8. The maximum absolute atomic E-state index is 14.1. The molecular weight excluding hydrogens is 227 g/mol. The third-order valence-corrected chi connectivity index (χ3v) is 3.56. The van der Waals surface area contributed by atoms with E-state index in [1.807, 2.05) is 18.2 Å². The summed E-state index contributed by atoms with van der Waals surface area (Å²) in [5, 5.41) is 8.84. The summed E-state index contributed by atoms with van der Waals surface area (Å²) in [5.74, 6) is -0.0958. The molecule has 1 saturated heterocycles. The van der Waals surface area contributed by atoms with Crippen molar-refractivity contribution in [2.45, 2.75) is 18.8 Å². The van der Waals surface area contributed by atoms with Crippen LogP contribution in [-0.4, -0.2) is 24.5 Å². The van der Waals surface area contributed by atoms with Crippen molar-refractivity contribution in [3.05, 3.63) is 47.8 Å². The predicted molar refractivity (Wildman–Crippen MR) is 69.7 cm³/mol. The van der Waals surface area contributed by atoms with Gasteiger partial charge in [0.1, 0.15) is 11.9 Å². The fourth-order valence-electron chi connectivity index (χ4n) is 2.56. The lowest BCUT2D eigenvalue weighted by atomic mass is 9.88. The normalized spacial score (nSPS) is 17.3. The zero-order valence-electron chi connectivity index (χ0n) is 10.4. The molecule has 0 spiro atoms. The maximum Gasteiger partial charge on any atom is 0.144 e. The monoisotopic (exact) mass is 244 g/mol. The predicted octanol–water partition coefficient (Wildman–Crippen LogP) is 3.06. The van der Waals surface area contributed by atoms with E-state index in [1.54, 1.807) is 6.07 Å². The van der Waals surface area contributed by atoms with Crippen LogP contribution in [0.1, 0.15) is 29.9 Å². The van der Waals surface area contributed by atoms with E-state index in [-0.39, 0.29) is 17.3 Å². The van der Waals surface area contributed by atoms with Gasteiger partial charge in [-0.3, -0.25) is 4.90 Å². The molecule has 2 rings (SSSR count). The Morgan fingerprint density at radius 3 is 2.78 bits per heavy atom. The lowest BCUT2D eigenvalue weighted by Gasteiger charge is -2.31. The molecule has 1 aromatic carbocycles. The fraction of sp³-hybridized carbons (Fsp3) is 0.400. The first-order valence-corrected chi connectivity index (χ1v) is 6.28. The van der Waals surface area contributed by atoms with E-state index in [4.69, 9.17) is 5.26 Å². The minimum atomic E-state index is -0.331. The average molecular weight is 244 g/mol. The van der Waals surface area contributed by atoms with E-state index >= 15 is 0 Å². The van der Waals surface area contributed by atoms with E-state index < -0.39 is 0 Å². The van der Waals surface area contributed by atoms with Crippen LogP contribution >= 0.6 is 0 Å². The lowest BCUT2D eigenvalue weighted by molar-refractivity contribution is 0.231. The minimum absolute atomic E-state index is 0.154. The SMILES string of the molecule is C=CCN1CCC(c2cccc(C#N)c2F)CC1. The molecule has 1 heterocycles. The Labute approximate surface area is 107 Å². The Morgan fingerprint density at radius 2 is 2.17 bits per heavy atom. The van der Waals surface area contributed by atoms with Gasteiger partial charge in [-0.25, -0.2) is 4.39 Å². The lowest BCUT2D eigenvalue weighted by Crippen LogP contribution is -2.33. The molecule has 0 saturated carbocycles. The van der Waals surface area contributed by atoms with Crippen molar-refractivity contribution in [3.63, 3.8) is 0 Å². The van der Waals surface area contributed by atoms with Crippen molar-refractivity contribution < 1.29 is 4.39 Å². The molecule has 0 amide bonds. The fourth-order valence-corrected chi connectivity index (χ4v) is 2.56. The van der Waals surface area contributed by atoms with Crippen LogP contribution in [0.25, 0.3) is 0 Å². The van der Waals surface area contributed by atoms with Crippen molar-refractivity contribution in [2.24, 2.45) is 0 Å². The van der Waals surface area contributed by atoms with Crippen molar-refractivity contribution >= 4 is 0 Å². The van der Waals surface area contributed by atoms with Crippen LogP contribution in [0.2, 0.25) is 0 Å². The van der Waals surface area contributed by atoms with E-state index in [0.29, 0.717) is 5.56 Å². The molecule has 0 aromatic heterocycles. The second kappa shape index (κ2) is 5.79. The molecule has 0 atom stereocenters. The Hall–Kier alpha value is -1.66. The highest BCUT2D eigenvalue weighted by atomic mass is 19.1. The van der Waals surface area contributed by atoms with Crippen LogP contribution < -0.4 is 0 Å². The molecular formula is C15H17FN2. The summed E-state index contributed by atoms with van der Waals surface area (Å²) in [6.07, 6.45) is 3.79. The van der Waals surface area contributed by atoms with Gasteiger partial charge < -0.3 is 0 Å². The van der Waals surface area contributed by atoms with Crippen LogP contribution in [0.5, 0.6) is 0 Å². The summed E-state index contributed by atoms with van der Waals surface area (Å²) in [5.41, 5.74) is 0.855. The quantitative estimate of drug-likeness (QED) is 0.764. The van der Waals surface area contributed by atoms with Gasteiger partial charge in [-0.05, 0) is 43.5 Å². The number of rotatable bonds is 3. The highest BCUT2D eigenvalue weighted by Gasteiger charge is 2.23. The van der Waals surface area contributed by atoms with Crippen LogP contribution in [0.4, 0.5) is 4.39 Å². The number of piperidine rings is 1. The van der Waals surface area contributed by atoms with Gasteiger partial charge in [-0.1, -0.05) is 18.2 Å². The molecule has 3 heteroatoms. The molecule has 1 aliphatic rings. The smallest absolute Gasteiger partial charge is 0.144 e. The van der Waals surface area contributed by atoms with Gasteiger partial charge in [0.05, 0.1) is 5.56 Å². The number of nitrogens with zero attached hydrogens (tertiary/aromatic N) is 2. The van der Waals surface area contributed by atoms with Crippen molar-refractivity contribution in [3.8, 4) is 6.07 Å². The number of nitriles is 1. The summed E-state index contributed by atoms with van der Waals surface area (Å²) >= 11 is 0. The topological polar surface area (TPSA) is 27.0 Å². The molecule has 0 aliphatic carbocycles. The van der Waals surface area contributed by atoms with Crippen LogP contribution in [-0.2, 0) is 0 Å². The average Bonchev–Trinajstić information content (AvgIpc) is 2.41. The van der Waals surface area contributed by atoms with Crippen molar-refractivity contribution in [1.29, 1.82) is 5.26 Å². The third-order valence-electron chi connectivity index (χ3n) is 3.56. The summed E-state index contributed by atoms with van der Waals surface area (Å²) in [7, 11) is 0. The molecule has 0 bridgehead atoms. The minimum Gasteiger partial charge on any atom is -0.300 e. The van der Waals surface area contributed by atoms with Crippen LogP contribution in [0, 0.1) is 17.1 Å².